The van der Waals surface area contributed by atoms with Gasteiger partial charge in [0, 0.05) is 17.1 Å². The summed E-state index contributed by atoms with van der Waals surface area (Å²) in [4.78, 5) is 0. The molecule has 0 aliphatic heterocycles. The number of benzene rings is 1. The molecule has 0 aromatic heterocycles. The van der Waals surface area contributed by atoms with Crippen LogP contribution < -0.4 is 5.32 Å². The summed E-state index contributed by atoms with van der Waals surface area (Å²) in [7, 11) is 0. The fourth-order valence-electron chi connectivity index (χ4n) is 2.37. The fraction of sp³-hybridized carbons (Fsp3) is 0.571. The zero-order valence-corrected chi connectivity index (χ0v) is 11.0. The molecule has 1 atom stereocenters. The van der Waals surface area contributed by atoms with Gasteiger partial charge in [-0.3, -0.25) is 0 Å². The first kappa shape index (κ1) is 10.8. The van der Waals surface area contributed by atoms with Gasteiger partial charge in [-0.25, -0.2) is 0 Å². The van der Waals surface area contributed by atoms with Crippen molar-refractivity contribution in [3.05, 3.63) is 34.3 Å². The third-order valence-corrected chi connectivity index (χ3v) is 4.16. The van der Waals surface area contributed by atoms with Crippen LogP contribution in [-0.2, 0) is 0 Å². The van der Waals surface area contributed by atoms with Crippen molar-refractivity contribution < 1.29 is 0 Å². The molecular formula is C14H18BrN. The van der Waals surface area contributed by atoms with E-state index in [1.165, 1.54) is 42.3 Å². The van der Waals surface area contributed by atoms with Crippen LogP contribution in [0.15, 0.2) is 28.7 Å². The smallest absolute Gasteiger partial charge is 0.0178 e. The van der Waals surface area contributed by atoms with Crippen LogP contribution in [0.2, 0.25) is 0 Å². The Kier molecular flexibility index (Phi) is 3.03. The van der Waals surface area contributed by atoms with Crippen LogP contribution in [0.5, 0.6) is 0 Å². The zero-order chi connectivity index (χ0) is 11.0. The van der Waals surface area contributed by atoms with Crippen molar-refractivity contribution in [2.24, 2.45) is 5.92 Å². The molecule has 86 valence electrons. The molecule has 2 saturated carbocycles. The largest absolute Gasteiger partial charge is 0.313 e. The third-order valence-electron chi connectivity index (χ3n) is 3.67. The van der Waals surface area contributed by atoms with Crippen LogP contribution in [0.4, 0.5) is 0 Å². The van der Waals surface area contributed by atoms with Crippen LogP contribution in [0.1, 0.15) is 37.2 Å². The lowest BCUT2D eigenvalue weighted by molar-refractivity contribution is 0.533. The monoisotopic (exact) mass is 279 g/mol. The van der Waals surface area contributed by atoms with Gasteiger partial charge in [-0.1, -0.05) is 28.1 Å². The molecule has 0 spiro atoms. The quantitative estimate of drug-likeness (QED) is 0.867. The van der Waals surface area contributed by atoms with Gasteiger partial charge in [0.15, 0.2) is 0 Å². The molecule has 0 radical (unpaired) electrons. The SMILES string of the molecule is Brc1cccc(C(CNC2CC2)C2CC2)c1. The molecule has 1 aromatic rings. The van der Waals surface area contributed by atoms with Crippen LogP contribution in [0.3, 0.4) is 0 Å². The number of hydrogen-bond acceptors (Lipinski definition) is 1. The van der Waals surface area contributed by atoms with Gasteiger partial charge in [-0.05, 0) is 55.2 Å². The summed E-state index contributed by atoms with van der Waals surface area (Å²) in [5.74, 6) is 1.67. The molecule has 0 bridgehead atoms. The van der Waals surface area contributed by atoms with Gasteiger partial charge in [-0.2, -0.15) is 0 Å². The van der Waals surface area contributed by atoms with Crippen molar-refractivity contribution in [2.75, 3.05) is 6.54 Å². The minimum Gasteiger partial charge on any atom is -0.313 e. The predicted molar refractivity (Wildman–Crippen MR) is 70.6 cm³/mol. The molecule has 1 N–H and O–H groups in total. The second-order valence-electron chi connectivity index (χ2n) is 5.18. The molecule has 0 amide bonds. The van der Waals surface area contributed by atoms with E-state index in [0.717, 1.165) is 17.9 Å². The molecule has 16 heavy (non-hydrogen) atoms. The number of rotatable bonds is 5. The summed E-state index contributed by atoms with van der Waals surface area (Å²) >= 11 is 3.57. The van der Waals surface area contributed by atoms with Gasteiger partial charge in [0.2, 0.25) is 0 Å². The fourth-order valence-corrected chi connectivity index (χ4v) is 2.79. The van der Waals surface area contributed by atoms with Gasteiger partial charge >= 0.3 is 0 Å². The molecule has 1 nitrogen and oxygen atoms in total. The molecule has 2 fully saturated rings. The molecule has 3 rings (SSSR count). The van der Waals surface area contributed by atoms with E-state index in [9.17, 15) is 0 Å². The van der Waals surface area contributed by atoms with E-state index in [-0.39, 0.29) is 0 Å². The van der Waals surface area contributed by atoms with Crippen LogP contribution >= 0.6 is 15.9 Å². The molecule has 1 aromatic carbocycles. The van der Waals surface area contributed by atoms with Gasteiger partial charge in [-0.15, -0.1) is 0 Å². The normalized spacial score (nSPS) is 22.1. The minimum absolute atomic E-state index is 0.734. The molecule has 2 aliphatic carbocycles. The van der Waals surface area contributed by atoms with Gasteiger partial charge < -0.3 is 5.32 Å². The summed E-state index contributed by atoms with van der Waals surface area (Å²) in [5.41, 5.74) is 1.50. The number of halogens is 1. The maximum absolute atomic E-state index is 3.68. The van der Waals surface area contributed by atoms with Crippen molar-refractivity contribution in [1.82, 2.24) is 5.32 Å². The second-order valence-corrected chi connectivity index (χ2v) is 6.10. The van der Waals surface area contributed by atoms with Gasteiger partial charge in [0.1, 0.15) is 0 Å². The first-order valence-corrected chi connectivity index (χ1v) is 7.11. The Morgan fingerprint density at radius 1 is 1.25 bits per heavy atom. The Balaban J connectivity index is 1.70. The maximum Gasteiger partial charge on any atom is 0.0178 e. The zero-order valence-electron chi connectivity index (χ0n) is 9.45. The first-order chi connectivity index (χ1) is 7.83. The van der Waals surface area contributed by atoms with Crippen LogP contribution in [0, 0.1) is 5.92 Å². The van der Waals surface area contributed by atoms with Crippen molar-refractivity contribution >= 4 is 15.9 Å². The first-order valence-electron chi connectivity index (χ1n) is 6.32. The van der Waals surface area contributed by atoms with E-state index >= 15 is 0 Å². The van der Waals surface area contributed by atoms with Crippen molar-refractivity contribution in [3.8, 4) is 0 Å². The van der Waals surface area contributed by atoms with E-state index in [2.05, 4.69) is 45.5 Å². The molecule has 0 heterocycles. The van der Waals surface area contributed by atoms with E-state index < -0.39 is 0 Å². The lowest BCUT2D eigenvalue weighted by Gasteiger charge is -2.17. The Bertz CT molecular complexity index is 369. The highest BCUT2D eigenvalue weighted by atomic mass is 79.9. The lowest BCUT2D eigenvalue weighted by atomic mass is 9.94. The maximum atomic E-state index is 3.68. The topological polar surface area (TPSA) is 12.0 Å². The highest BCUT2D eigenvalue weighted by molar-refractivity contribution is 9.10. The average Bonchev–Trinajstić information content (AvgIpc) is 3.13. The second kappa shape index (κ2) is 4.50. The van der Waals surface area contributed by atoms with Gasteiger partial charge in [0.05, 0.1) is 0 Å². The van der Waals surface area contributed by atoms with E-state index in [1.807, 2.05) is 0 Å². The van der Waals surface area contributed by atoms with Crippen molar-refractivity contribution in [1.29, 1.82) is 0 Å². The highest BCUT2D eigenvalue weighted by Crippen LogP contribution is 2.43. The Labute approximate surface area is 106 Å². The summed E-state index contributed by atoms with van der Waals surface area (Å²) in [5, 5.41) is 3.68. The van der Waals surface area contributed by atoms with Crippen molar-refractivity contribution in [2.45, 2.75) is 37.6 Å². The Morgan fingerprint density at radius 2 is 2.06 bits per heavy atom. The van der Waals surface area contributed by atoms with E-state index in [1.54, 1.807) is 0 Å². The average molecular weight is 280 g/mol. The highest BCUT2D eigenvalue weighted by Gasteiger charge is 2.33. The molecule has 1 unspecified atom stereocenters. The standard InChI is InChI=1S/C14H18BrN/c15-12-3-1-2-11(8-12)14(10-4-5-10)9-16-13-6-7-13/h1-3,8,10,13-14,16H,4-7,9H2. The molecule has 2 heteroatoms. The predicted octanol–water partition coefficient (Wildman–Crippen LogP) is 3.69. The summed E-state index contributed by atoms with van der Waals surface area (Å²) in [6.07, 6.45) is 5.61. The lowest BCUT2D eigenvalue weighted by Crippen LogP contribution is -2.24. The minimum atomic E-state index is 0.734. The molecule has 0 saturated heterocycles. The summed E-state index contributed by atoms with van der Waals surface area (Å²) in [6, 6.07) is 9.67. The third kappa shape index (κ3) is 2.67. The number of nitrogens with one attached hydrogen (secondary N) is 1. The van der Waals surface area contributed by atoms with E-state index in [0.29, 0.717) is 0 Å². The van der Waals surface area contributed by atoms with Gasteiger partial charge in [0.25, 0.3) is 0 Å². The van der Waals surface area contributed by atoms with Crippen LogP contribution in [0.25, 0.3) is 0 Å². The van der Waals surface area contributed by atoms with E-state index in [4.69, 9.17) is 0 Å². The molecule has 2 aliphatic rings. The van der Waals surface area contributed by atoms with Crippen LogP contribution in [-0.4, -0.2) is 12.6 Å². The Hall–Kier alpha value is -0.340. The summed E-state index contributed by atoms with van der Waals surface area (Å²) in [6.45, 7) is 1.17. The van der Waals surface area contributed by atoms with Crippen molar-refractivity contribution in [3.63, 3.8) is 0 Å². The molecular weight excluding hydrogens is 262 g/mol. The summed E-state index contributed by atoms with van der Waals surface area (Å²) < 4.78 is 1.21. The Morgan fingerprint density at radius 3 is 2.69 bits per heavy atom. The number of hydrogen-bond donors (Lipinski definition) is 1.